The van der Waals surface area contributed by atoms with E-state index in [1.807, 2.05) is 37.3 Å². The largest absolute Gasteiger partial charge is 0.442 e. The van der Waals surface area contributed by atoms with E-state index in [-0.39, 0.29) is 24.1 Å². The molecule has 27 heavy (non-hydrogen) atoms. The molecule has 2 aliphatic heterocycles. The van der Waals surface area contributed by atoms with Crippen LogP contribution < -0.4 is 0 Å². The summed E-state index contributed by atoms with van der Waals surface area (Å²) in [5, 5.41) is 0.679. The van der Waals surface area contributed by atoms with E-state index < -0.39 is 0 Å². The highest BCUT2D eigenvalue weighted by Gasteiger charge is 2.48. The number of ether oxygens (including phenoxy) is 1. The van der Waals surface area contributed by atoms with E-state index in [0.717, 1.165) is 11.1 Å². The van der Waals surface area contributed by atoms with E-state index in [0.29, 0.717) is 36.6 Å². The molecule has 1 aromatic carbocycles. The molecular weight excluding hydrogens is 366 g/mol. The molecule has 0 bridgehead atoms. The number of likely N-dealkylation sites (tertiary alicyclic amines) is 1. The lowest BCUT2D eigenvalue weighted by atomic mass is 10.1. The number of hydrogen-bond donors (Lipinski definition) is 0. The number of aryl methyl sites for hydroxylation is 1. The number of amides is 2. The predicted octanol–water partition coefficient (Wildman–Crippen LogP) is 2.93. The Bertz CT molecular complexity index is 888. The van der Waals surface area contributed by atoms with E-state index >= 15 is 0 Å². The predicted molar refractivity (Wildman–Crippen MR) is 101 cm³/mol. The van der Waals surface area contributed by atoms with E-state index in [2.05, 4.69) is 4.98 Å². The van der Waals surface area contributed by atoms with Crippen LogP contribution in [0.2, 0.25) is 5.02 Å². The highest BCUT2D eigenvalue weighted by Crippen LogP contribution is 2.28. The highest BCUT2D eigenvalue weighted by molar-refractivity contribution is 6.30. The Balaban J connectivity index is 1.43. The van der Waals surface area contributed by atoms with Crippen molar-refractivity contribution in [1.29, 1.82) is 0 Å². The van der Waals surface area contributed by atoms with Gasteiger partial charge in [-0.1, -0.05) is 23.7 Å². The molecule has 140 valence electrons. The summed E-state index contributed by atoms with van der Waals surface area (Å²) in [6.45, 7) is 3.33. The van der Waals surface area contributed by atoms with Gasteiger partial charge in [0.05, 0.1) is 18.2 Å². The number of benzene rings is 1. The molecule has 0 unspecified atom stereocenters. The third-order valence-electron chi connectivity index (χ3n) is 5.06. The minimum atomic E-state index is -0.309. The van der Waals surface area contributed by atoms with Crippen molar-refractivity contribution in [3.8, 4) is 0 Å². The fourth-order valence-electron chi connectivity index (χ4n) is 3.72. The molecule has 2 aliphatic rings. The summed E-state index contributed by atoms with van der Waals surface area (Å²) < 4.78 is 5.50. The Morgan fingerprint density at radius 1 is 1.30 bits per heavy atom. The average molecular weight is 386 g/mol. The van der Waals surface area contributed by atoms with Gasteiger partial charge >= 0.3 is 6.09 Å². The molecule has 3 heterocycles. The summed E-state index contributed by atoms with van der Waals surface area (Å²) in [7, 11) is 0. The number of fused-ring (bicyclic) bond motifs is 1. The van der Waals surface area contributed by atoms with Crippen LogP contribution in [-0.2, 0) is 11.2 Å². The van der Waals surface area contributed by atoms with Gasteiger partial charge in [0.1, 0.15) is 6.10 Å². The fourth-order valence-corrected chi connectivity index (χ4v) is 3.94. The molecule has 0 aliphatic carbocycles. The SMILES string of the molecule is Cc1cncc(C(=O)N2C[C@@H]3OC(=O)N(CCc4cccc(Cl)c4)[C@@H]3C2)c1. The minimum absolute atomic E-state index is 0.0774. The number of carbonyl (C=O) groups is 2. The van der Waals surface area contributed by atoms with Crippen molar-refractivity contribution in [3.63, 3.8) is 0 Å². The Hall–Kier alpha value is -2.60. The van der Waals surface area contributed by atoms with Gasteiger partial charge in [-0.15, -0.1) is 0 Å². The van der Waals surface area contributed by atoms with E-state index in [9.17, 15) is 9.59 Å². The normalized spacial score (nSPS) is 21.3. The van der Waals surface area contributed by atoms with Crippen LogP contribution in [0.25, 0.3) is 0 Å². The van der Waals surface area contributed by atoms with Crippen molar-refractivity contribution < 1.29 is 14.3 Å². The van der Waals surface area contributed by atoms with Crippen LogP contribution in [0, 0.1) is 6.92 Å². The molecule has 2 amide bonds. The van der Waals surface area contributed by atoms with E-state index in [1.54, 1.807) is 22.2 Å². The van der Waals surface area contributed by atoms with Gasteiger partial charge in [-0.3, -0.25) is 14.7 Å². The summed E-state index contributed by atoms with van der Waals surface area (Å²) in [6.07, 6.45) is 3.39. The summed E-state index contributed by atoms with van der Waals surface area (Å²) in [6, 6.07) is 9.32. The lowest BCUT2D eigenvalue weighted by molar-refractivity contribution is 0.0728. The first-order valence-electron chi connectivity index (χ1n) is 8.94. The number of pyridine rings is 1. The van der Waals surface area contributed by atoms with Crippen molar-refractivity contribution in [2.75, 3.05) is 19.6 Å². The standard InChI is InChI=1S/C20H20ClN3O3/c1-13-7-15(10-22-9-13)19(25)23-11-17-18(12-23)27-20(26)24(17)6-5-14-3-2-4-16(21)8-14/h2-4,7-10,17-18H,5-6,11-12H2,1H3/t17-,18+/m1/s1. The number of rotatable bonds is 4. The van der Waals surface area contributed by atoms with Crippen LogP contribution in [0.4, 0.5) is 4.79 Å². The first-order chi connectivity index (χ1) is 13.0. The minimum Gasteiger partial charge on any atom is -0.442 e. The van der Waals surface area contributed by atoms with Gasteiger partial charge in [-0.25, -0.2) is 4.79 Å². The zero-order valence-electron chi connectivity index (χ0n) is 15.0. The topological polar surface area (TPSA) is 62.7 Å². The second-order valence-corrected chi connectivity index (χ2v) is 7.46. The van der Waals surface area contributed by atoms with Crippen LogP contribution in [0.3, 0.4) is 0 Å². The van der Waals surface area contributed by atoms with Gasteiger partial charge in [0.2, 0.25) is 0 Å². The van der Waals surface area contributed by atoms with Crippen molar-refractivity contribution in [1.82, 2.24) is 14.8 Å². The molecule has 0 saturated carbocycles. The molecule has 0 N–H and O–H groups in total. The second kappa shape index (κ2) is 7.19. The van der Waals surface area contributed by atoms with Crippen molar-refractivity contribution in [2.45, 2.75) is 25.5 Å². The van der Waals surface area contributed by atoms with Crippen LogP contribution in [0.15, 0.2) is 42.7 Å². The zero-order valence-corrected chi connectivity index (χ0v) is 15.7. The highest BCUT2D eigenvalue weighted by atomic mass is 35.5. The van der Waals surface area contributed by atoms with Crippen molar-refractivity contribution >= 4 is 23.6 Å². The molecule has 2 aromatic rings. The number of halogens is 1. The first kappa shape index (κ1) is 17.8. The maximum atomic E-state index is 12.7. The fraction of sp³-hybridized carbons (Fsp3) is 0.350. The van der Waals surface area contributed by atoms with Gasteiger partial charge in [-0.05, 0) is 42.7 Å². The average Bonchev–Trinajstić information content (AvgIpc) is 3.16. The molecular formula is C20H20ClN3O3. The Morgan fingerprint density at radius 3 is 2.93 bits per heavy atom. The van der Waals surface area contributed by atoms with Crippen LogP contribution >= 0.6 is 11.6 Å². The molecule has 4 rings (SSSR count). The van der Waals surface area contributed by atoms with Crippen molar-refractivity contribution in [3.05, 3.63) is 64.4 Å². The molecule has 1 aromatic heterocycles. The maximum absolute atomic E-state index is 12.7. The third kappa shape index (κ3) is 3.62. The summed E-state index contributed by atoms with van der Waals surface area (Å²) in [5.41, 5.74) is 2.57. The molecule has 0 radical (unpaired) electrons. The number of aromatic nitrogens is 1. The van der Waals surface area contributed by atoms with E-state index in [1.165, 1.54) is 0 Å². The third-order valence-corrected chi connectivity index (χ3v) is 5.30. The van der Waals surface area contributed by atoms with Crippen molar-refractivity contribution in [2.24, 2.45) is 0 Å². The summed E-state index contributed by atoms with van der Waals surface area (Å²) >= 11 is 6.03. The lowest BCUT2D eigenvalue weighted by Crippen LogP contribution is -2.40. The Morgan fingerprint density at radius 2 is 2.15 bits per heavy atom. The van der Waals surface area contributed by atoms with Crippen LogP contribution in [-0.4, -0.2) is 58.6 Å². The second-order valence-electron chi connectivity index (χ2n) is 7.02. The molecule has 0 spiro atoms. The monoisotopic (exact) mass is 385 g/mol. The number of hydrogen-bond acceptors (Lipinski definition) is 4. The molecule has 2 saturated heterocycles. The van der Waals surface area contributed by atoms with Gasteiger partial charge in [0.15, 0.2) is 0 Å². The van der Waals surface area contributed by atoms with Crippen LogP contribution in [0.5, 0.6) is 0 Å². The molecule has 2 fully saturated rings. The quantitative estimate of drug-likeness (QED) is 0.811. The molecule has 6 nitrogen and oxygen atoms in total. The number of nitrogens with zero attached hydrogens (tertiary/aromatic N) is 3. The summed E-state index contributed by atoms with van der Waals surface area (Å²) in [4.78, 5) is 32.5. The van der Waals surface area contributed by atoms with Gasteiger partial charge in [0, 0.05) is 30.5 Å². The molecule has 2 atom stereocenters. The number of carbonyl (C=O) groups excluding carboxylic acids is 2. The Labute approximate surface area is 162 Å². The van der Waals surface area contributed by atoms with Gasteiger partial charge < -0.3 is 9.64 Å². The molecule has 7 heteroatoms. The Kier molecular flexibility index (Phi) is 4.74. The van der Waals surface area contributed by atoms with Crippen LogP contribution in [0.1, 0.15) is 21.5 Å². The first-order valence-corrected chi connectivity index (χ1v) is 9.31. The van der Waals surface area contributed by atoms with Gasteiger partial charge in [0.25, 0.3) is 5.91 Å². The maximum Gasteiger partial charge on any atom is 0.410 e. The lowest BCUT2D eigenvalue weighted by Gasteiger charge is -2.22. The smallest absolute Gasteiger partial charge is 0.410 e. The van der Waals surface area contributed by atoms with E-state index in [4.69, 9.17) is 16.3 Å². The van der Waals surface area contributed by atoms with Gasteiger partial charge in [-0.2, -0.15) is 0 Å². The summed E-state index contributed by atoms with van der Waals surface area (Å²) in [5.74, 6) is -0.0774. The zero-order chi connectivity index (χ0) is 19.0.